The average molecular weight is 333 g/mol. The molecule has 130 valence electrons. The third-order valence-corrected chi connectivity index (χ3v) is 5.66. The summed E-state index contributed by atoms with van der Waals surface area (Å²) < 4.78 is 5.17. The number of aliphatic hydroxyl groups is 1. The molecule has 6 heteroatoms. The lowest BCUT2D eigenvalue weighted by molar-refractivity contribution is -0.179. The van der Waals surface area contributed by atoms with Crippen LogP contribution in [0.3, 0.4) is 0 Å². The van der Waals surface area contributed by atoms with Crippen LogP contribution in [0.1, 0.15) is 31.7 Å². The van der Waals surface area contributed by atoms with Crippen LogP contribution in [0.25, 0.3) is 0 Å². The summed E-state index contributed by atoms with van der Waals surface area (Å²) in [7, 11) is 0. The minimum atomic E-state index is -2.22. The van der Waals surface area contributed by atoms with Crippen molar-refractivity contribution in [1.82, 2.24) is 0 Å². The Morgan fingerprint density at radius 2 is 2.04 bits per heavy atom. The molecule has 4 N–H and O–H groups in total. The molecular weight excluding hydrogens is 310 g/mol. The van der Waals surface area contributed by atoms with Crippen LogP contribution in [0.2, 0.25) is 0 Å². The normalized spacial score (nSPS) is 33.9. The molecule has 0 radical (unpaired) electrons. The molecule has 2 saturated carbocycles. The predicted molar refractivity (Wildman–Crippen MR) is 85.8 cm³/mol. The molecule has 0 unspecified atom stereocenters. The minimum absolute atomic E-state index is 0.0476. The van der Waals surface area contributed by atoms with Crippen molar-refractivity contribution in [2.24, 2.45) is 23.5 Å². The predicted octanol–water partition coefficient (Wildman–Crippen LogP) is 1.27. The highest BCUT2D eigenvalue weighted by Crippen LogP contribution is 2.59. The topological polar surface area (TPSA) is 110 Å². The van der Waals surface area contributed by atoms with Gasteiger partial charge in [0.25, 0.3) is 0 Å². The highest BCUT2D eigenvalue weighted by atomic mass is 16.5. The lowest BCUT2D eigenvalue weighted by atomic mass is 9.64. The maximum Gasteiger partial charge on any atom is 0.340 e. The summed E-state index contributed by atoms with van der Waals surface area (Å²) in [6, 6.07) is 8.20. The second-order valence-corrected chi connectivity index (χ2v) is 6.93. The number of carbonyl (C=O) groups excluding carboxylic acids is 1. The zero-order chi connectivity index (χ0) is 17.5. The number of hydrogen-bond donors (Lipinski definition) is 3. The Morgan fingerprint density at radius 1 is 1.38 bits per heavy atom. The molecule has 2 fully saturated rings. The number of carboxylic acids is 1. The molecule has 1 aromatic carbocycles. The highest BCUT2D eigenvalue weighted by Gasteiger charge is 2.67. The van der Waals surface area contributed by atoms with Crippen molar-refractivity contribution >= 4 is 11.9 Å². The highest BCUT2D eigenvalue weighted by molar-refractivity contribution is 5.83. The molecule has 0 saturated heterocycles. The maximum atomic E-state index is 12.5. The summed E-state index contributed by atoms with van der Waals surface area (Å²) in [6.07, 6.45) is 1.88. The van der Waals surface area contributed by atoms with Crippen LogP contribution in [-0.2, 0) is 19.9 Å². The minimum Gasteiger partial charge on any atom is -0.479 e. The lowest BCUT2D eigenvalue weighted by Crippen LogP contribution is -2.59. The Labute approximate surface area is 140 Å². The number of ether oxygens (including phenoxy) is 1. The first-order valence-electron chi connectivity index (χ1n) is 8.31. The van der Waals surface area contributed by atoms with Gasteiger partial charge < -0.3 is 20.7 Å². The Hall–Kier alpha value is -1.92. The van der Waals surface area contributed by atoms with Gasteiger partial charge in [-0.1, -0.05) is 30.3 Å². The molecule has 1 aromatic rings. The van der Waals surface area contributed by atoms with Crippen molar-refractivity contribution in [2.45, 2.75) is 37.3 Å². The van der Waals surface area contributed by atoms with E-state index in [0.717, 1.165) is 6.42 Å². The standard InChI is InChI=1S/C18H23NO5/c1-2-24-15(20)13-11-8-9-17(19,10-11)14(13)18(23,16(21)22)12-6-4-3-5-7-12/h3-7,11,13-14,23H,2,8-10,19H2,1H3,(H,21,22)/t11-,13-,14-,17+,18+/m0/s1. The third-order valence-electron chi connectivity index (χ3n) is 5.66. The second-order valence-electron chi connectivity index (χ2n) is 6.93. The van der Waals surface area contributed by atoms with Crippen LogP contribution in [-0.4, -0.2) is 34.3 Å². The number of hydrogen-bond acceptors (Lipinski definition) is 5. The van der Waals surface area contributed by atoms with E-state index in [2.05, 4.69) is 0 Å². The van der Waals surface area contributed by atoms with Crippen LogP contribution in [0, 0.1) is 17.8 Å². The summed E-state index contributed by atoms with van der Waals surface area (Å²) in [5.41, 5.74) is 3.64. The fourth-order valence-electron chi connectivity index (χ4n) is 4.74. The Morgan fingerprint density at radius 3 is 2.62 bits per heavy atom. The van der Waals surface area contributed by atoms with Crippen molar-refractivity contribution < 1.29 is 24.5 Å². The van der Waals surface area contributed by atoms with Crippen LogP contribution in [0.5, 0.6) is 0 Å². The van der Waals surface area contributed by atoms with Crippen LogP contribution < -0.4 is 5.73 Å². The Balaban J connectivity index is 2.11. The van der Waals surface area contributed by atoms with E-state index in [-0.39, 0.29) is 18.1 Å². The van der Waals surface area contributed by atoms with Gasteiger partial charge in [-0.15, -0.1) is 0 Å². The first kappa shape index (κ1) is 16.9. The zero-order valence-corrected chi connectivity index (χ0v) is 13.6. The number of fused-ring (bicyclic) bond motifs is 2. The molecule has 0 spiro atoms. The van der Waals surface area contributed by atoms with E-state index in [0.29, 0.717) is 12.8 Å². The number of rotatable bonds is 5. The number of benzene rings is 1. The molecule has 0 heterocycles. The van der Waals surface area contributed by atoms with Gasteiger partial charge in [0.1, 0.15) is 0 Å². The molecule has 0 amide bonds. The van der Waals surface area contributed by atoms with Gasteiger partial charge in [0.15, 0.2) is 5.60 Å². The van der Waals surface area contributed by atoms with E-state index in [1.807, 2.05) is 0 Å². The van der Waals surface area contributed by atoms with Crippen molar-refractivity contribution in [2.75, 3.05) is 6.61 Å². The van der Waals surface area contributed by atoms with Gasteiger partial charge in [-0.05, 0) is 37.7 Å². The summed E-state index contributed by atoms with van der Waals surface area (Å²) in [6.45, 7) is 1.92. The van der Waals surface area contributed by atoms with Crippen LogP contribution in [0.4, 0.5) is 0 Å². The van der Waals surface area contributed by atoms with Gasteiger partial charge in [0, 0.05) is 11.5 Å². The number of esters is 1. The molecule has 2 aliphatic carbocycles. The molecule has 6 nitrogen and oxygen atoms in total. The van der Waals surface area contributed by atoms with Crippen molar-refractivity contribution in [3.8, 4) is 0 Å². The summed E-state index contributed by atoms with van der Waals surface area (Å²) >= 11 is 0. The van der Waals surface area contributed by atoms with Crippen molar-refractivity contribution in [3.05, 3.63) is 35.9 Å². The molecule has 3 rings (SSSR count). The van der Waals surface area contributed by atoms with Gasteiger partial charge in [-0.2, -0.15) is 0 Å². The van der Waals surface area contributed by atoms with Gasteiger partial charge >= 0.3 is 11.9 Å². The largest absolute Gasteiger partial charge is 0.479 e. The van der Waals surface area contributed by atoms with Gasteiger partial charge in [-0.3, -0.25) is 4.79 Å². The number of carbonyl (C=O) groups is 2. The summed E-state index contributed by atoms with van der Waals surface area (Å²) in [4.78, 5) is 24.6. The van der Waals surface area contributed by atoms with E-state index in [1.165, 1.54) is 0 Å². The zero-order valence-electron chi connectivity index (χ0n) is 13.6. The third kappa shape index (κ3) is 2.32. The second kappa shape index (κ2) is 5.86. The Kier molecular flexibility index (Phi) is 4.13. The molecular formula is C18H23NO5. The summed E-state index contributed by atoms with van der Waals surface area (Å²) in [5.74, 6) is -3.51. The smallest absolute Gasteiger partial charge is 0.340 e. The van der Waals surface area contributed by atoms with Gasteiger partial charge in [0.2, 0.25) is 0 Å². The van der Waals surface area contributed by atoms with Crippen molar-refractivity contribution in [3.63, 3.8) is 0 Å². The first-order chi connectivity index (χ1) is 11.3. The molecule has 24 heavy (non-hydrogen) atoms. The van der Waals surface area contributed by atoms with E-state index in [9.17, 15) is 19.8 Å². The fraction of sp³-hybridized carbons (Fsp3) is 0.556. The molecule has 2 aliphatic rings. The van der Waals surface area contributed by atoms with E-state index in [1.54, 1.807) is 37.3 Å². The van der Waals surface area contributed by atoms with E-state index in [4.69, 9.17) is 10.5 Å². The molecule has 5 atom stereocenters. The SMILES string of the molecule is CCOC(=O)[C@H]1[C@H]2CC[C@@](N)(C2)[C@H]1[C@@](O)(C(=O)O)c1ccccc1. The number of aliphatic carboxylic acids is 1. The van der Waals surface area contributed by atoms with Crippen LogP contribution >= 0.6 is 0 Å². The first-order valence-corrected chi connectivity index (χ1v) is 8.31. The van der Waals surface area contributed by atoms with Gasteiger partial charge in [0.05, 0.1) is 12.5 Å². The maximum absolute atomic E-state index is 12.5. The van der Waals surface area contributed by atoms with E-state index >= 15 is 0 Å². The number of carboxylic acid groups (broad SMARTS) is 1. The van der Waals surface area contributed by atoms with Crippen LogP contribution in [0.15, 0.2) is 30.3 Å². The summed E-state index contributed by atoms with van der Waals surface area (Å²) in [5, 5.41) is 21.1. The lowest BCUT2D eigenvalue weighted by Gasteiger charge is -2.44. The van der Waals surface area contributed by atoms with Gasteiger partial charge in [-0.25, -0.2) is 4.79 Å². The Bertz CT molecular complexity index is 648. The quantitative estimate of drug-likeness (QED) is 0.700. The van der Waals surface area contributed by atoms with E-state index < -0.39 is 34.9 Å². The fourth-order valence-corrected chi connectivity index (χ4v) is 4.74. The average Bonchev–Trinajstić information content (AvgIpc) is 3.08. The monoisotopic (exact) mass is 333 g/mol. The molecule has 2 bridgehead atoms. The molecule has 0 aliphatic heterocycles. The number of nitrogens with two attached hydrogens (primary N) is 1. The van der Waals surface area contributed by atoms with Crippen molar-refractivity contribution in [1.29, 1.82) is 0 Å². The molecule has 0 aromatic heterocycles.